The molecule has 0 atom stereocenters. The largest absolute Gasteiger partial charge is 0.497 e. The van der Waals surface area contributed by atoms with Gasteiger partial charge in [0.2, 0.25) is 0 Å². The summed E-state index contributed by atoms with van der Waals surface area (Å²) in [7, 11) is 5.09. The maximum atomic E-state index is 5.42. The van der Waals surface area contributed by atoms with Gasteiger partial charge in [0, 0.05) is 11.1 Å². The summed E-state index contributed by atoms with van der Waals surface area (Å²) in [6.45, 7) is 6.87. The zero-order valence-corrected chi connectivity index (χ0v) is 16.0. The molecule has 0 aromatic heterocycles. The van der Waals surface area contributed by atoms with E-state index in [-0.39, 0.29) is 0 Å². The van der Waals surface area contributed by atoms with Gasteiger partial charge in [0.1, 0.15) is 45.0 Å². The second-order valence-electron chi connectivity index (χ2n) is 6.89. The van der Waals surface area contributed by atoms with Crippen molar-refractivity contribution in [1.82, 2.24) is 0 Å². The van der Waals surface area contributed by atoms with Crippen molar-refractivity contribution in [3.63, 3.8) is 0 Å². The lowest BCUT2D eigenvalue weighted by molar-refractivity contribution is -1.02. The summed E-state index contributed by atoms with van der Waals surface area (Å²) in [5.74, 6) is 2.55. The zero-order chi connectivity index (χ0) is 18.4. The van der Waals surface area contributed by atoms with Gasteiger partial charge in [-0.2, -0.15) is 0 Å². The van der Waals surface area contributed by atoms with Gasteiger partial charge in [0.15, 0.2) is 11.5 Å². The number of benzene rings is 2. The third kappa shape index (κ3) is 4.68. The fourth-order valence-corrected chi connectivity index (χ4v) is 3.66. The molecule has 0 aliphatic carbocycles. The monoisotopic (exact) mass is 358 g/mol. The van der Waals surface area contributed by atoms with E-state index in [0.717, 1.165) is 30.3 Å². The van der Waals surface area contributed by atoms with Crippen molar-refractivity contribution in [2.75, 3.05) is 47.5 Å². The molecule has 0 unspecified atom stereocenters. The third-order valence-electron chi connectivity index (χ3n) is 5.15. The molecule has 1 heterocycles. The van der Waals surface area contributed by atoms with E-state index in [2.05, 4.69) is 30.3 Å². The average Bonchev–Trinajstić information content (AvgIpc) is 2.69. The second-order valence-corrected chi connectivity index (χ2v) is 6.89. The van der Waals surface area contributed by atoms with Crippen LogP contribution in [-0.2, 0) is 13.1 Å². The predicted octanol–water partition coefficient (Wildman–Crippen LogP) is 0.196. The minimum Gasteiger partial charge on any atom is -0.497 e. The Balaban J connectivity index is 1.52. The lowest BCUT2D eigenvalue weighted by atomic mass is 10.1. The molecule has 2 N–H and O–H groups in total. The standard InChI is InChI=1S/C21H28N2O3/c1-24-19-6-4-5-17(13-19)15-22-9-11-23(12-10-22)16-18-7-8-20(25-2)21(14-18)26-3/h4-8,13-14H,9-12,15-16H2,1-3H3/p+2. The molecular formula is C21H30N2O3+2. The van der Waals surface area contributed by atoms with Gasteiger partial charge in [0.05, 0.1) is 21.3 Å². The van der Waals surface area contributed by atoms with Crippen LogP contribution in [0.5, 0.6) is 17.2 Å². The van der Waals surface area contributed by atoms with E-state index in [1.54, 1.807) is 31.1 Å². The molecule has 2 aromatic carbocycles. The molecule has 26 heavy (non-hydrogen) atoms. The number of rotatable bonds is 7. The number of hydrogen-bond donors (Lipinski definition) is 2. The van der Waals surface area contributed by atoms with E-state index in [1.807, 2.05) is 12.1 Å². The molecule has 5 nitrogen and oxygen atoms in total. The summed E-state index contributed by atoms with van der Waals surface area (Å²) < 4.78 is 16.1. The van der Waals surface area contributed by atoms with Crippen molar-refractivity contribution >= 4 is 0 Å². The molecule has 1 aliphatic heterocycles. The van der Waals surface area contributed by atoms with Gasteiger partial charge >= 0.3 is 0 Å². The molecule has 0 radical (unpaired) electrons. The third-order valence-corrected chi connectivity index (χ3v) is 5.15. The number of methoxy groups -OCH3 is 3. The quantitative estimate of drug-likeness (QED) is 0.742. The molecule has 140 valence electrons. The molecule has 1 aliphatic rings. The van der Waals surface area contributed by atoms with Crippen LogP contribution in [0.3, 0.4) is 0 Å². The van der Waals surface area contributed by atoms with Crippen molar-refractivity contribution < 1.29 is 24.0 Å². The Morgan fingerprint density at radius 3 is 1.88 bits per heavy atom. The summed E-state index contributed by atoms with van der Waals surface area (Å²) in [5.41, 5.74) is 2.65. The smallest absolute Gasteiger partial charge is 0.161 e. The molecule has 5 heteroatoms. The highest BCUT2D eigenvalue weighted by molar-refractivity contribution is 5.42. The Bertz CT molecular complexity index is 712. The van der Waals surface area contributed by atoms with Crippen LogP contribution in [-0.4, -0.2) is 47.5 Å². The van der Waals surface area contributed by atoms with Crippen LogP contribution in [0, 0.1) is 0 Å². The normalized spacial score (nSPS) is 19.8. The lowest BCUT2D eigenvalue weighted by Gasteiger charge is -2.30. The highest BCUT2D eigenvalue weighted by atomic mass is 16.5. The number of nitrogens with one attached hydrogen (secondary N) is 2. The lowest BCUT2D eigenvalue weighted by Crippen LogP contribution is -3.27. The first kappa shape index (κ1) is 18.5. The van der Waals surface area contributed by atoms with Crippen molar-refractivity contribution in [3.05, 3.63) is 53.6 Å². The summed E-state index contributed by atoms with van der Waals surface area (Å²) in [6.07, 6.45) is 0. The number of ether oxygens (including phenoxy) is 3. The van der Waals surface area contributed by atoms with Crippen LogP contribution in [0.15, 0.2) is 42.5 Å². The van der Waals surface area contributed by atoms with Crippen LogP contribution in [0.1, 0.15) is 11.1 Å². The summed E-state index contributed by atoms with van der Waals surface area (Å²) in [6, 6.07) is 14.7. The van der Waals surface area contributed by atoms with E-state index < -0.39 is 0 Å². The Morgan fingerprint density at radius 2 is 1.31 bits per heavy atom. The van der Waals surface area contributed by atoms with Crippen molar-refractivity contribution in [2.24, 2.45) is 0 Å². The summed E-state index contributed by atoms with van der Waals surface area (Å²) >= 11 is 0. The Morgan fingerprint density at radius 1 is 0.692 bits per heavy atom. The van der Waals surface area contributed by atoms with Crippen molar-refractivity contribution in [3.8, 4) is 17.2 Å². The zero-order valence-electron chi connectivity index (χ0n) is 16.0. The number of piperazine rings is 1. The molecule has 1 saturated heterocycles. The maximum absolute atomic E-state index is 5.42. The van der Waals surface area contributed by atoms with E-state index in [9.17, 15) is 0 Å². The summed E-state index contributed by atoms with van der Waals surface area (Å²) in [5, 5.41) is 0. The van der Waals surface area contributed by atoms with Gasteiger partial charge in [-0.05, 0) is 30.3 Å². The van der Waals surface area contributed by atoms with Gasteiger partial charge in [-0.25, -0.2) is 0 Å². The van der Waals surface area contributed by atoms with Gasteiger partial charge < -0.3 is 24.0 Å². The van der Waals surface area contributed by atoms with Gasteiger partial charge in [-0.15, -0.1) is 0 Å². The first-order chi connectivity index (χ1) is 12.7. The van der Waals surface area contributed by atoms with E-state index in [0.29, 0.717) is 0 Å². The summed E-state index contributed by atoms with van der Waals surface area (Å²) in [4.78, 5) is 3.28. The Hall–Kier alpha value is -2.24. The maximum Gasteiger partial charge on any atom is 0.161 e. The topological polar surface area (TPSA) is 36.6 Å². The molecular weight excluding hydrogens is 328 g/mol. The van der Waals surface area contributed by atoms with Crippen LogP contribution in [0.4, 0.5) is 0 Å². The highest BCUT2D eigenvalue weighted by Crippen LogP contribution is 2.27. The van der Waals surface area contributed by atoms with Gasteiger partial charge in [-0.1, -0.05) is 12.1 Å². The number of hydrogen-bond acceptors (Lipinski definition) is 3. The van der Waals surface area contributed by atoms with E-state index in [1.165, 1.54) is 37.3 Å². The van der Waals surface area contributed by atoms with Crippen molar-refractivity contribution in [2.45, 2.75) is 13.1 Å². The first-order valence-electron chi connectivity index (χ1n) is 9.22. The molecule has 0 bridgehead atoms. The fraction of sp³-hybridized carbons (Fsp3) is 0.429. The molecule has 0 amide bonds. The number of quaternary nitrogens is 2. The van der Waals surface area contributed by atoms with Crippen molar-refractivity contribution in [1.29, 1.82) is 0 Å². The van der Waals surface area contributed by atoms with Crippen LogP contribution < -0.4 is 24.0 Å². The van der Waals surface area contributed by atoms with Gasteiger partial charge in [-0.3, -0.25) is 0 Å². The molecule has 3 rings (SSSR count). The minimum absolute atomic E-state index is 0.791. The van der Waals surface area contributed by atoms with E-state index in [4.69, 9.17) is 14.2 Å². The molecule has 0 saturated carbocycles. The second kappa shape index (κ2) is 8.92. The van der Waals surface area contributed by atoms with Gasteiger partial charge in [0.25, 0.3) is 0 Å². The Labute approximate surface area is 156 Å². The van der Waals surface area contributed by atoms with Crippen LogP contribution >= 0.6 is 0 Å². The molecule has 1 fully saturated rings. The van der Waals surface area contributed by atoms with Crippen LogP contribution in [0.25, 0.3) is 0 Å². The predicted molar refractivity (Wildman–Crippen MR) is 101 cm³/mol. The fourth-order valence-electron chi connectivity index (χ4n) is 3.66. The average molecular weight is 358 g/mol. The Kier molecular flexibility index (Phi) is 6.36. The first-order valence-corrected chi connectivity index (χ1v) is 9.22. The molecule has 2 aromatic rings. The minimum atomic E-state index is 0.791. The van der Waals surface area contributed by atoms with Crippen LogP contribution in [0.2, 0.25) is 0 Å². The highest BCUT2D eigenvalue weighted by Gasteiger charge is 2.23. The van der Waals surface area contributed by atoms with E-state index >= 15 is 0 Å². The molecule has 0 spiro atoms. The SMILES string of the molecule is COc1cccc(C[NH+]2CC[NH+](Cc3ccc(OC)c(OC)c3)CC2)c1.